The standard InChI is InChI=1S/C19H17N5O2S2/c20-17-10-16(18-19(21-17)23-24-22-18)27-11-13-6-4-5-7-14(13)12-28(25,26)15-8-2-1-3-9-15/h1-10H,11-12H2,(H3,20,21,22,23,24). The van der Waals surface area contributed by atoms with Crippen molar-refractivity contribution in [3.05, 3.63) is 71.8 Å². The zero-order valence-electron chi connectivity index (χ0n) is 14.7. The number of hydrogen-bond donors (Lipinski definition) is 2. The molecule has 0 radical (unpaired) electrons. The van der Waals surface area contributed by atoms with Crippen LogP contribution in [-0.4, -0.2) is 28.8 Å². The van der Waals surface area contributed by atoms with Gasteiger partial charge in [0.05, 0.1) is 10.6 Å². The lowest BCUT2D eigenvalue weighted by molar-refractivity contribution is 0.595. The molecule has 0 saturated heterocycles. The summed E-state index contributed by atoms with van der Waals surface area (Å²) in [5.74, 6) is 0.890. The topological polar surface area (TPSA) is 115 Å². The molecule has 0 aliphatic carbocycles. The van der Waals surface area contributed by atoms with Crippen LogP contribution in [0.4, 0.5) is 5.82 Å². The Kier molecular flexibility index (Phi) is 5.01. The van der Waals surface area contributed by atoms with Crippen LogP contribution in [0.3, 0.4) is 0 Å². The predicted molar refractivity (Wildman–Crippen MR) is 109 cm³/mol. The van der Waals surface area contributed by atoms with E-state index in [1.165, 1.54) is 11.8 Å². The van der Waals surface area contributed by atoms with Gasteiger partial charge >= 0.3 is 0 Å². The molecule has 0 unspecified atom stereocenters. The van der Waals surface area contributed by atoms with E-state index in [9.17, 15) is 8.42 Å². The summed E-state index contributed by atoms with van der Waals surface area (Å²) < 4.78 is 25.5. The monoisotopic (exact) mass is 411 g/mol. The quantitative estimate of drug-likeness (QED) is 0.468. The van der Waals surface area contributed by atoms with Crippen LogP contribution >= 0.6 is 11.8 Å². The largest absolute Gasteiger partial charge is 0.384 e. The lowest BCUT2D eigenvalue weighted by Gasteiger charge is -2.11. The van der Waals surface area contributed by atoms with Gasteiger partial charge in [0.2, 0.25) is 5.65 Å². The molecule has 2 heterocycles. The fourth-order valence-corrected chi connectivity index (χ4v) is 5.35. The van der Waals surface area contributed by atoms with Gasteiger partial charge in [0.25, 0.3) is 0 Å². The second-order valence-corrected chi connectivity index (χ2v) is 9.18. The molecule has 2 aromatic heterocycles. The van der Waals surface area contributed by atoms with Crippen LogP contribution in [0.2, 0.25) is 0 Å². The molecule has 0 atom stereocenters. The minimum absolute atomic E-state index is 0.0500. The molecule has 7 nitrogen and oxygen atoms in total. The van der Waals surface area contributed by atoms with Crippen LogP contribution in [0.5, 0.6) is 0 Å². The molecule has 0 fully saturated rings. The van der Waals surface area contributed by atoms with Gasteiger partial charge in [0, 0.05) is 10.6 Å². The van der Waals surface area contributed by atoms with Crippen molar-refractivity contribution in [3.8, 4) is 0 Å². The number of rotatable bonds is 6. The zero-order chi connectivity index (χ0) is 19.6. The van der Waals surface area contributed by atoms with Crippen molar-refractivity contribution in [2.24, 2.45) is 0 Å². The number of fused-ring (bicyclic) bond motifs is 1. The van der Waals surface area contributed by atoms with Crippen LogP contribution in [0, 0.1) is 0 Å². The van der Waals surface area contributed by atoms with Crippen molar-refractivity contribution in [2.45, 2.75) is 21.3 Å². The maximum absolute atomic E-state index is 12.8. The number of nitrogens with two attached hydrogens (primary N) is 1. The van der Waals surface area contributed by atoms with E-state index >= 15 is 0 Å². The summed E-state index contributed by atoms with van der Waals surface area (Å²) in [6.45, 7) is 0. The smallest absolute Gasteiger partial charge is 0.204 e. The van der Waals surface area contributed by atoms with Crippen LogP contribution in [0.15, 0.2) is 70.5 Å². The lowest BCUT2D eigenvalue weighted by Crippen LogP contribution is -2.06. The molecule has 0 spiro atoms. The number of anilines is 1. The Bertz CT molecular complexity index is 1220. The highest BCUT2D eigenvalue weighted by molar-refractivity contribution is 7.98. The van der Waals surface area contributed by atoms with E-state index in [2.05, 4.69) is 20.4 Å². The third-order valence-corrected chi connectivity index (χ3v) is 6.99. The molecule has 0 aliphatic heterocycles. The minimum atomic E-state index is -3.42. The molecule has 0 bridgehead atoms. The van der Waals surface area contributed by atoms with Crippen molar-refractivity contribution < 1.29 is 8.42 Å². The van der Waals surface area contributed by atoms with E-state index in [1.54, 1.807) is 36.4 Å². The fourth-order valence-electron chi connectivity index (χ4n) is 2.85. The second kappa shape index (κ2) is 7.61. The third-order valence-electron chi connectivity index (χ3n) is 4.23. The Morgan fingerprint density at radius 2 is 1.68 bits per heavy atom. The summed E-state index contributed by atoms with van der Waals surface area (Å²) in [6, 6.07) is 17.8. The van der Waals surface area contributed by atoms with Gasteiger partial charge in [-0.05, 0) is 29.3 Å². The maximum atomic E-state index is 12.8. The number of pyridine rings is 1. The van der Waals surface area contributed by atoms with Gasteiger partial charge in [-0.3, -0.25) is 0 Å². The second-order valence-electron chi connectivity index (χ2n) is 6.17. The zero-order valence-corrected chi connectivity index (χ0v) is 16.4. The summed E-state index contributed by atoms with van der Waals surface area (Å²) in [5, 5.41) is 10.7. The van der Waals surface area contributed by atoms with E-state index < -0.39 is 9.84 Å². The van der Waals surface area contributed by atoms with E-state index in [1.807, 2.05) is 24.3 Å². The Labute approximate surface area is 166 Å². The van der Waals surface area contributed by atoms with Gasteiger partial charge < -0.3 is 5.73 Å². The van der Waals surface area contributed by atoms with E-state index in [4.69, 9.17) is 5.73 Å². The first-order chi connectivity index (χ1) is 13.5. The van der Waals surface area contributed by atoms with E-state index in [0.717, 1.165) is 16.0 Å². The number of hydrogen-bond acceptors (Lipinski definition) is 7. The molecule has 0 saturated carbocycles. The van der Waals surface area contributed by atoms with Gasteiger partial charge in [-0.15, -0.1) is 16.9 Å². The number of nitrogens with zero attached hydrogens (tertiary/aromatic N) is 3. The van der Waals surface area contributed by atoms with Gasteiger partial charge in [0.1, 0.15) is 11.3 Å². The number of nitrogen functional groups attached to an aromatic ring is 1. The number of H-pyrrole nitrogens is 1. The highest BCUT2D eigenvalue weighted by Crippen LogP contribution is 2.30. The molecule has 4 rings (SSSR count). The van der Waals surface area contributed by atoms with Crippen LogP contribution < -0.4 is 5.73 Å². The van der Waals surface area contributed by atoms with Crippen molar-refractivity contribution in [1.29, 1.82) is 0 Å². The number of aromatic nitrogens is 4. The molecule has 4 aromatic rings. The molecule has 2 aromatic carbocycles. The predicted octanol–water partition coefficient (Wildman–Crippen LogP) is 3.20. The molecule has 0 aliphatic rings. The summed E-state index contributed by atoms with van der Waals surface area (Å²) in [4.78, 5) is 5.30. The summed E-state index contributed by atoms with van der Waals surface area (Å²) in [5.41, 5.74) is 8.67. The number of benzene rings is 2. The highest BCUT2D eigenvalue weighted by atomic mass is 32.2. The molecular weight excluding hydrogens is 394 g/mol. The Morgan fingerprint density at radius 1 is 0.964 bits per heavy atom. The SMILES string of the molecule is Nc1cc(SCc2ccccc2CS(=O)(=O)c2ccccc2)c2n[nH]nc2n1. The third kappa shape index (κ3) is 3.85. The van der Waals surface area contributed by atoms with Gasteiger partial charge in [-0.25, -0.2) is 13.4 Å². The van der Waals surface area contributed by atoms with E-state index in [0.29, 0.717) is 27.6 Å². The number of sulfone groups is 1. The molecule has 3 N–H and O–H groups in total. The average molecular weight is 412 g/mol. The van der Waals surface area contributed by atoms with Gasteiger partial charge in [-0.2, -0.15) is 10.3 Å². The first kappa shape index (κ1) is 18.5. The number of thioether (sulfide) groups is 1. The first-order valence-corrected chi connectivity index (χ1v) is 11.1. The summed E-state index contributed by atoms with van der Waals surface area (Å²) >= 11 is 1.52. The Morgan fingerprint density at radius 3 is 2.46 bits per heavy atom. The highest BCUT2D eigenvalue weighted by Gasteiger charge is 2.17. The normalized spacial score (nSPS) is 11.7. The lowest BCUT2D eigenvalue weighted by atomic mass is 10.1. The van der Waals surface area contributed by atoms with Gasteiger partial charge in [0.15, 0.2) is 9.84 Å². The van der Waals surface area contributed by atoms with Gasteiger partial charge in [-0.1, -0.05) is 42.5 Å². The Hall–Kier alpha value is -2.91. The molecule has 9 heteroatoms. The number of nitrogens with one attached hydrogen (secondary N) is 1. The van der Waals surface area contributed by atoms with Crippen molar-refractivity contribution in [3.63, 3.8) is 0 Å². The molecule has 142 valence electrons. The van der Waals surface area contributed by atoms with Crippen molar-refractivity contribution in [1.82, 2.24) is 20.4 Å². The van der Waals surface area contributed by atoms with Crippen LogP contribution in [0.25, 0.3) is 11.2 Å². The molecule has 0 amide bonds. The summed E-state index contributed by atoms with van der Waals surface area (Å²) in [6.07, 6.45) is 0. The van der Waals surface area contributed by atoms with Crippen molar-refractivity contribution in [2.75, 3.05) is 5.73 Å². The maximum Gasteiger partial charge on any atom is 0.204 e. The summed E-state index contributed by atoms with van der Waals surface area (Å²) in [7, 11) is -3.42. The fraction of sp³-hybridized carbons (Fsp3) is 0.105. The van der Waals surface area contributed by atoms with Crippen LogP contribution in [0.1, 0.15) is 11.1 Å². The number of aromatic amines is 1. The first-order valence-electron chi connectivity index (χ1n) is 8.47. The molecule has 28 heavy (non-hydrogen) atoms. The van der Waals surface area contributed by atoms with Crippen molar-refractivity contribution >= 4 is 38.6 Å². The van der Waals surface area contributed by atoms with Crippen LogP contribution in [-0.2, 0) is 21.3 Å². The minimum Gasteiger partial charge on any atom is -0.384 e. The molecular formula is C19H17N5O2S2. The average Bonchev–Trinajstić information content (AvgIpc) is 3.16. The Balaban J connectivity index is 1.59. The van der Waals surface area contributed by atoms with E-state index in [-0.39, 0.29) is 5.75 Å².